The fraction of sp³-hybridized carbons (Fsp3) is 0.676. The second kappa shape index (κ2) is 11.2. The molecule has 0 bridgehead atoms. The zero-order valence-corrected chi connectivity index (χ0v) is 28.8. The Morgan fingerprint density at radius 1 is 0.542 bits per heavy atom. The molecule has 2 aromatic carbocycles. The molecule has 262 valence electrons. The average molecular weight is 666 g/mol. The quantitative estimate of drug-likeness (QED) is 0.307. The molecule has 2 aliphatic carbocycles. The van der Waals surface area contributed by atoms with Gasteiger partial charge >= 0.3 is 0 Å². The minimum Gasteiger partial charge on any atom is -0.489 e. The van der Waals surface area contributed by atoms with Gasteiger partial charge < -0.3 is 55.1 Å². The molecule has 2 aromatic rings. The molecule has 0 aromatic heterocycles. The zero-order chi connectivity index (χ0) is 33.6. The topological polar surface area (TPSA) is 152 Å². The SMILES string of the molecule is CC1(C)CC2(CC(C)(C)c3cc(OCC4(N)COC4)c(OCC4(N)COC4)cc32)c2cc(OCC3(N)COC3)c(OCC3COC3)cc21. The molecule has 6 aliphatic rings. The van der Waals surface area contributed by atoms with Gasteiger partial charge in [-0.15, -0.1) is 0 Å². The van der Waals surface area contributed by atoms with Crippen LogP contribution in [0.4, 0.5) is 0 Å². The van der Waals surface area contributed by atoms with Crippen LogP contribution in [0.5, 0.6) is 23.0 Å². The molecule has 0 saturated carbocycles. The summed E-state index contributed by atoms with van der Waals surface area (Å²) in [5.74, 6) is 3.21. The molecule has 6 N–H and O–H groups in total. The van der Waals surface area contributed by atoms with Gasteiger partial charge in [0.2, 0.25) is 0 Å². The van der Waals surface area contributed by atoms with Crippen LogP contribution in [0.3, 0.4) is 0 Å². The molecule has 4 fully saturated rings. The Hall–Kier alpha value is -2.64. The highest BCUT2D eigenvalue weighted by Gasteiger charge is 2.57. The van der Waals surface area contributed by atoms with Crippen LogP contribution in [0, 0.1) is 5.92 Å². The minimum absolute atomic E-state index is 0.128. The summed E-state index contributed by atoms with van der Waals surface area (Å²) < 4.78 is 47.6. The molecule has 1 spiro atoms. The first-order valence-corrected chi connectivity index (χ1v) is 17.3. The predicted molar refractivity (Wildman–Crippen MR) is 178 cm³/mol. The third-order valence-corrected chi connectivity index (χ3v) is 11.2. The van der Waals surface area contributed by atoms with Crippen LogP contribution in [0.15, 0.2) is 24.3 Å². The van der Waals surface area contributed by atoms with Gasteiger partial charge in [0.05, 0.1) is 76.1 Å². The van der Waals surface area contributed by atoms with Crippen molar-refractivity contribution in [3.63, 3.8) is 0 Å². The number of ether oxygens (including phenoxy) is 8. The second-order valence-electron chi connectivity index (χ2n) is 17.0. The van der Waals surface area contributed by atoms with E-state index in [9.17, 15) is 0 Å². The molecule has 1 unspecified atom stereocenters. The van der Waals surface area contributed by atoms with Crippen LogP contribution in [-0.4, -0.2) is 95.9 Å². The van der Waals surface area contributed by atoms with E-state index in [1.807, 2.05) is 0 Å². The van der Waals surface area contributed by atoms with Crippen LogP contribution in [0.1, 0.15) is 62.8 Å². The summed E-state index contributed by atoms with van der Waals surface area (Å²) in [6.45, 7) is 15.2. The zero-order valence-electron chi connectivity index (χ0n) is 28.8. The number of benzene rings is 2. The lowest BCUT2D eigenvalue weighted by atomic mass is 9.72. The van der Waals surface area contributed by atoms with E-state index < -0.39 is 16.6 Å². The maximum Gasteiger partial charge on any atom is 0.161 e. The van der Waals surface area contributed by atoms with Gasteiger partial charge in [-0.25, -0.2) is 0 Å². The van der Waals surface area contributed by atoms with Crippen molar-refractivity contribution >= 4 is 0 Å². The Bertz CT molecular complexity index is 1580. The lowest BCUT2D eigenvalue weighted by molar-refractivity contribution is -0.0758. The summed E-state index contributed by atoms with van der Waals surface area (Å²) in [6, 6.07) is 8.83. The molecule has 4 aliphatic heterocycles. The van der Waals surface area contributed by atoms with E-state index in [4.69, 9.17) is 55.1 Å². The normalized spacial score (nSPS) is 27.9. The van der Waals surface area contributed by atoms with Gasteiger partial charge in [0.1, 0.15) is 19.8 Å². The number of fused-ring (bicyclic) bond motifs is 4. The maximum atomic E-state index is 6.53. The van der Waals surface area contributed by atoms with Gasteiger partial charge in [0.25, 0.3) is 0 Å². The summed E-state index contributed by atoms with van der Waals surface area (Å²) in [6.07, 6.45) is 1.85. The van der Waals surface area contributed by atoms with Crippen LogP contribution in [-0.2, 0) is 35.2 Å². The summed E-state index contributed by atoms with van der Waals surface area (Å²) in [5, 5.41) is 0. The molecule has 8 rings (SSSR count). The van der Waals surface area contributed by atoms with E-state index in [0.717, 1.165) is 37.6 Å². The fourth-order valence-electron chi connectivity index (χ4n) is 8.37. The summed E-state index contributed by atoms with van der Waals surface area (Å²) in [5.41, 5.74) is 22.5. The molecule has 4 heterocycles. The lowest BCUT2D eigenvalue weighted by Gasteiger charge is -2.38. The van der Waals surface area contributed by atoms with Crippen molar-refractivity contribution in [2.24, 2.45) is 23.1 Å². The predicted octanol–water partition coefficient (Wildman–Crippen LogP) is 2.68. The third-order valence-electron chi connectivity index (χ3n) is 11.2. The van der Waals surface area contributed by atoms with Gasteiger partial charge in [-0.3, -0.25) is 0 Å². The Kier molecular flexibility index (Phi) is 7.59. The molecule has 0 radical (unpaired) electrons. The van der Waals surface area contributed by atoms with Gasteiger partial charge in [-0.1, -0.05) is 27.7 Å². The van der Waals surface area contributed by atoms with Crippen molar-refractivity contribution in [3.05, 3.63) is 46.5 Å². The van der Waals surface area contributed by atoms with E-state index in [1.165, 1.54) is 22.3 Å². The van der Waals surface area contributed by atoms with Crippen molar-refractivity contribution in [2.45, 2.75) is 73.4 Å². The molecular formula is C37H51N3O8. The van der Waals surface area contributed by atoms with Crippen LogP contribution >= 0.6 is 0 Å². The van der Waals surface area contributed by atoms with Crippen molar-refractivity contribution in [2.75, 3.05) is 79.3 Å². The van der Waals surface area contributed by atoms with E-state index in [1.54, 1.807) is 0 Å². The van der Waals surface area contributed by atoms with Crippen molar-refractivity contribution in [3.8, 4) is 23.0 Å². The van der Waals surface area contributed by atoms with E-state index >= 15 is 0 Å². The minimum atomic E-state index is -0.522. The number of rotatable bonds is 12. The Balaban J connectivity index is 1.20. The molecule has 48 heavy (non-hydrogen) atoms. The lowest BCUT2D eigenvalue weighted by Crippen LogP contribution is -2.61. The second-order valence-corrected chi connectivity index (χ2v) is 17.0. The maximum absolute atomic E-state index is 6.53. The van der Waals surface area contributed by atoms with Gasteiger partial charge in [0, 0.05) is 11.3 Å². The van der Waals surface area contributed by atoms with E-state index in [-0.39, 0.29) is 16.2 Å². The van der Waals surface area contributed by atoms with Crippen molar-refractivity contribution < 1.29 is 37.9 Å². The standard InChI is InChI=1S/C37H51N3O8/c1-32(2)12-37(26-7-30(47-21-35(39)16-43-17-35)28(5-24(26)32)45-11-23-9-41-10-23)13-33(3,4)25-6-29(46-20-34(38)14-42-15-34)31(8-27(25)37)48-22-36(40)18-44-19-36/h5-8,23H,9-22,38-40H2,1-4H3. The monoisotopic (exact) mass is 665 g/mol. The van der Waals surface area contributed by atoms with Gasteiger partial charge in [-0.2, -0.15) is 0 Å². The number of nitrogens with two attached hydrogens (primary N) is 3. The highest BCUT2D eigenvalue weighted by molar-refractivity contribution is 5.66. The Morgan fingerprint density at radius 3 is 1.21 bits per heavy atom. The highest BCUT2D eigenvalue weighted by Crippen LogP contribution is 2.65. The Labute approximate surface area is 283 Å². The fourth-order valence-corrected chi connectivity index (χ4v) is 8.37. The van der Waals surface area contributed by atoms with Gasteiger partial charge in [-0.05, 0) is 70.2 Å². The average Bonchev–Trinajstić information content (AvgIpc) is 3.32. The number of hydrogen-bond acceptors (Lipinski definition) is 11. The molecule has 11 nitrogen and oxygen atoms in total. The molecule has 0 amide bonds. The van der Waals surface area contributed by atoms with E-state index in [2.05, 4.69) is 52.0 Å². The third kappa shape index (κ3) is 5.55. The van der Waals surface area contributed by atoms with Crippen LogP contribution in [0.25, 0.3) is 0 Å². The van der Waals surface area contributed by atoms with E-state index in [0.29, 0.717) is 83.5 Å². The largest absolute Gasteiger partial charge is 0.489 e. The van der Waals surface area contributed by atoms with Gasteiger partial charge in [0.15, 0.2) is 23.0 Å². The van der Waals surface area contributed by atoms with Crippen LogP contribution in [0.2, 0.25) is 0 Å². The summed E-state index contributed by atoms with van der Waals surface area (Å²) in [4.78, 5) is 0. The van der Waals surface area contributed by atoms with Crippen LogP contribution < -0.4 is 36.1 Å². The van der Waals surface area contributed by atoms with Crippen molar-refractivity contribution in [1.29, 1.82) is 0 Å². The first-order chi connectivity index (χ1) is 22.7. The van der Waals surface area contributed by atoms with Crippen molar-refractivity contribution in [1.82, 2.24) is 0 Å². The molecule has 4 saturated heterocycles. The number of hydrogen-bond donors (Lipinski definition) is 3. The Morgan fingerprint density at radius 2 is 0.896 bits per heavy atom. The highest BCUT2D eigenvalue weighted by atomic mass is 16.6. The smallest absolute Gasteiger partial charge is 0.161 e. The molecular weight excluding hydrogens is 614 g/mol. The first kappa shape index (κ1) is 32.6. The molecule has 11 heteroatoms. The summed E-state index contributed by atoms with van der Waals surface area (Å²) >= 11 is 0. The summed E-state index contributed by atoms with van der Waals surface area (Å²) in [7, 11) is 0. The molecule has 1 atom stereocenters. The first-order valence-electron chi connectivity index (χ1n) is 17.3.